The van der Waals surface area contributed by atoms with Crippen LogP contribution in [0.2, 0.25) is 0 Å². The molecule has 7 heteroatoms. The van der Waals surface area contributed by atoms with Gasteiger partial charge >= 0.3 is 13.3 Å². The highest BCUT2D eigenvalue weighted by atomic mass is 19.4. The van der Waals surface area contributed by atoms with E-state index < -0.39 is 55.3 Å². The van der Waals surface area contributed by atoms with Crippen molar-refractivity contribution < 1.29 is 33.4 Å². The zero-order valence-corrected chi connectivity index (χ0v) is 7.22. The van der Waals surface area contributed by atoms with E-state index in [4.69, 9.17) is 15.5 Å². The van der Waals surface area contributed by atoms with Gasteiger partial charge in [-0.3, -0.25) is 0 Å². The van der Waals surface area contributed by atoms with Gasteiger partial charge in [0.05, 0.1) is 5.48 Å². The Bertz CT molecular complexity index is 466. The van der Waals surface area contributed by atoms with Gasteiger partial charge in [0, 0.05) is 0 Å². The summed E-state index contributed by atoms with van der Waals surface area (Å²) in [5.74, 6) is -0.892. The number of alkyl halides is 3. The average molecular weight is 224 g/mol. The van der Waals surface area contributed by atoms with Gasteiger partial charge in [0.2, 0.25) is 0 Å². The minimum absolute atomic E-state index is 0.727. The van der Waals surface area contributed by atoms with Crippen molar-refractivity contribution >= 4 is 12.6 Å². The summed E-state index contributed by atoms with van der Waals surface area (Å²) < 4.78 is 69.7. The van der Waals surface area contributed by atoms with Gasteiger partial charge in [-0.25, -0.2) is 0 Å². The standard InChI is InChI=1S/C8H8BF3O3/c10-8(11,12)5-15-7-3-1-6(2-4-7)9(13)14/h1-4,13-14H,5H2/i1D,2D,3D,4D. The highest BCUT2D eigenvalue weighted by molar-refractivity contribution is 6.58. The van der Waals surface area contributed by atoms with E-state index in [2.05, 4.69) is 4.74 Å². The average Bonchev–Trinajstić information content (AvgIpc) is 2.24. The Morgan fingerprint density at radius 2 is 1.80 bits per heavy atom. The van der Waals surface area contributed by atoms with E-state index >= 15 is 0 Å². The van der Waals surface area contributed by atoms with Crippen molar-refractivity contribution in [1.82, 2.24) is 0 Å². The first-order valence-corrected chi connectivity index (χ1v) is 3.72. The summed E-state index contributed by atoms with van der Waals surface area (Å²) in [6.45, 7) is -1.77. The zero-order valence-electron chi connectivity index (χ0n) is 11.2. The van der Waals surface area contributed by atoms with Crippen molar-refractivity contribution in [3.8, 4) is 5.75 Å². The third-order valence-corrected chi connectivity index (χ3v) is 1.26. The summed E-state index contributed by atoms with van der Waals surface area (Å²) in [6.07, 6.45) is -4.70. The van der Waals surface area contributed by atoms with Crippen molar-refractivity contribution in [2.45, 2.75) is 6.18 Å². The van der Waals surface area contributed by atoms with E-state index in [-0.39, 0.29) is 0 Å². The number of hydrogen-bond donors (Lipinski definition) is 2. The lowest BCUT2D eigenvalue weighted by atomic mass is 9.80. The van der Waals surface area contributed by atoms with Crippen LogP contribution in [0.15, 0.2) is 24.2 Å². The Kier molecular flexibility index (Phi) is 2.16. The third kappa shape index (κ3) is 4.22. The fraction of sp³-hybridized carbons (Fsp3) is 0.250. The van der Waals surface area contributed by atoms with Crippen molar-refractivity contribution in [1.29, 1.82) is 0 Å². The van der Waals surface area contributed by atoms with Crippen LogP contribution >= 0.6 is 0 Å². The Hall–Kier alpha value is -1.21. The van der Waals surface area contributed by atoms with Crippen LogP contribution in [-0.2, 0) is 0 Å². The molecule has 0 bridgehead atoms. The van der Waals surface area contributed by atoms with Gasteiger partial charge < -0.3 is 14.8 Å². The third-order valence-electron chi connectivity index (χ3n) is 1.26. The summed E-state index contributed by atoms with van der Waals surface area (Å²) in [4.78, 5) is 0. The van der Waals surface area contributed by atoms with Crippen molar-refractivity contribution in [2.24, 2.45) is 0 Å². The van der Waals surface area contributed by atoms with E-state index in [1.807, 2.05) is 0 Å². The van der Waals surface area contributed by atoms with Crippen LogP contribution in [0.1, 0.15) is 5.48 Å². The quantitative estimate of drug-likeness (QED) is 0.726. The second kappa shape index (κ2) is 4.54. The molecule has 0 aromatic heterocycles. The number of rotatable bonds is 3. The van der Waals surface area contributed by atoms with Crippen LogP contribution in [0, 0.1) is 0 Å². The molecule has 0 spiro atoms. The second-order valence-corrected chi connectivity index (χ2v) is 2.52. The smallest absolute Gasteiger partial charge is 0.484 e. The minimum atomic E-state index is -4.70. The molecule has 82 valence electrons. The molecule has 0 radical (unpaired) electrons. The molecule has 0 heterocycles. The van der Waals surface area contributed by atoms with Gasteiger partial charge in [0.1, 0.15) is 5.75 Å². The number of hydrogen-bond acceptors (Lipinski definition) is 3. The lowest BCUT2D eigenvalue weighted by Gasteiger charge is -2.09. The molecule has 0 saturated carbocycles. The molecule has 1 rings (SSSR count). The Labute approximate surface area is 89.9 Å². The normalized spacial score (nSPS) is 15.0. The molecule has 1 aromatic rings. The summed E-state index contributed by atoms with van der Waals surface area (Å²) in [7, 11) is -2.27. The molecular formula is C8H8BF3O3. The fourth-order valence-corrected chi connectivity index (χ4v) is 0.666. The molecule has 0 aliphatic rings. The maximum Gasteiger partial charge on any atom is 0.488 e. The maximum atomic E-state index is 12.0. The molecule has 0 amide bonds. The molecule has 0 fully saturated rings. The van der Waals surface area contributed by atoms with Gasteiger partial charge in [-0.05, 0) is 17.5 Å². The fourth-order valence-electron chi connectivity index (χ4n) is 0.666. The Morgan fingerprint density at radius 1 is 1.27 bits per heavy atom. The van der Waals surface area contributed by atoms with Crippen LogP contribution in [0.5, 0.6) is 5.75 Å². The van der Waals surface area contributed by atoms with Crippen LogP contribution in [0.3, 0.4) is 0 Å². The molecule has 0 aliphatic heterocycles. The summed E-state index contributed by atoms with van der Waals surface area (Å²) >= 11 is 0. The predicted octanol–water partition coefficient (Wildman–Crippen LogP) is 0.308. The zero-order chi connectivity index (χ0) is 15.0. The molecule has 2 N–H and O–H groups in total. The molecule has 0 atom stereocenters. The van der Waals surface area contributed by atoms with E-state index in [1.165, 1.54) is 0 Å². The van der Waals surface area contributed by atoms with E-state index in [0.717, 1.165) is 0 Å². The Morgan fingerprint density at radius 3 is 2.20 bits per heavy atom. The number of ether oxygens (including phenoxy) is 1. The first-order chi connectivity index (χ1) is 8.56. The number of halogens is 3. The van der Waals surface area contributed by atoms with Gasteiger partial charge in [0.15, 0.2) is 6.61 Å². The molecule has 0 unspecified atom stereocenters. The molecule has 15 heavy (non-hydrogen) atoms. The molecule has 0 aliphatic carbocycles. The van der Waals surface area contributed by atoms with Crippen molar-refractivity contribution in [3.05, 3.63) is 24.2 Å². The minimum Gasteiger partial charge on any atom is -0.484 e. The SMILES string of the molecule is [2H]c1c([2H])c(B(O)O)c([2H])c([2H])c1OCC(F)(F)F. The number of benzene rings is 1. The lowest BCUT2D eigenvalue weighted by molar-refractivity contribution is -0.153. The molecular weight excluding hydrogens is 212 g/mol. The monoisotopic (exact) mass is 224 g/mol. The van der Waals surface area contributed by atoms with Crippen LogP contribution in [-0.4, -0.2) is 29.9 Å². The van der Waals surface area contributed by atoms with Crippen LogP contribution in [0.4, 0.5) is 13.2 Å². The summed E-state index contributed by atoms with van der Waals surface area (Å²) in [5.41, 5.74) is -0.727. The van der Waals surface area contributed by atoms with Gasteiger partial charge in [-0.2, -0.15) is 13.2 Å². The molecule has 0 saturated heterocycles. The van der Waals surface area contributed by atoms with E-state index in [9.17, 15) is 13.2 Å². The Balaban J connectivity index is 3.28. The van der Waals surface area contributed by atoms with E-state index in [1.54, 1.807) is 0 Å². The second-order valence-electron chi connectivity index (χ2n) is 2.52. The van der Waals surface area contributed by atoms with Crippen molar-refractivity contribution in [2.75, 3.05) is 6.61 Å². The topological polar surface area (TPSA) is 49.7 Å². The first-order valence-electron chi connectivity index (χ1n) is 5.72. The van der Waals surface area contributed by atoms with Gasteiger partial charge in [-0.15, -0.1) is 0 Å². The predicted molar refractivity (Wildman–Crippen MR) is 47.8 cm³/mol. The highest BCUT2D eigenvalue weighted by Gasteiger charge is 2.28. The van der Waals surface area contributed by atoms with Gasteiger partial charge in [-0.1, -0.05) is 12.1 Å². The lowest BCUT2D eigenvalue weighted by Crippen LogP contribution is -2.29. The summed E-state index contributed by atoms with van der Waals surface area (Å²) in [5, 5.41) is 17.8. The maximum absolute atomic E-state index is 12.0. The van der Waals surface area contributed by atoms with Crippen LogP contribution in [0.25, 0.3) is 0 Å². The van der Waals surface area contributed by atoms with Gasteiger partial charge in [0.25, 0.3) is 0 Å². The summed E-state index contributed by atoms with van der Waals surface area (Å²) in [6, 6.07) is -3.55. The van der Waals surface area contributed by atoms with E-state index in [0.29, 0.717) is 0 Å². The van der Waals surface area contributed by atoms with Crippen molar-refractivity contribution in [3.63, 3.8) is 0 Å². The highest BCUT2D eigenvalue weighted by Crippen LogP contribution is 2.17. The molecule has 1 aromatic carbocycles. The largest absolute Gasteiger partial charge is 0.488 e. The first kappa shape index (κ1) is 7.13. The van der Waals surface area contributed by atoms with Crippen LogP contribution < -0.4 is 10.2 Å². The molecule has 3 nitrogen and oxygen atoms in total.